The van der Waals surface area contributed by atoms with E-state index in [0.717, 1.165) is 0 Å². The third-order valence-corrected chi connectivity index (χ3v) is 1.25. The van der Waals surface area contributed by atoms with Crippen LogP contribution >= 0.6 is 0 Å². The summed E-state index contributed by atoms with van der Waals surface area (Å²) in [5.74, 6) is 0. The van der Waals surface area contributed by atoms with E-state index in [0.29, 0.717) is 0 Å². The van der Waals surface area contributed by atoms with Crippen LogP contribution in [0.3, 0.4) is 0 Å². The summed E-state index contributed by atoms with van der Waals surface area (Å²) < 4.78 is 0. The third kappa shape index (κ3) is 7.17. The van der Waals surface area contributed by atoms with Gasteiger partial charge in [-0.25, -0.2) is 0 Å². The monoisotopic (exact) mass is 150 g/mol. The van der Waals surface area contributed by atoms with Gasteiger partial charge in [-0.2, -0.15) is 0 Å². The Bertz CT molecular complexity index is 17.7. The van der Waals surface area contributed by atoms with Crippen molar-refractivity contribution in [3.05, 3.63) is 0 Å². The van der Waals surface area contributed by atoms with Crippen LogP contribution in [0, 0.1) is 0 Å². The standard InChI is InChI=1S/C5H10.2K.2H/c1-2-4-5-3-1;;;;/h1-5H2;;;;. The molecule has 0 aromatic heterocycles. The van der Waals surface area contributed by atoms with Crippen LogP contribution < -0.4 is 0 Å². The average Bonchev–Trinajstić information content (AvgIpc) is 1.76. The van der Waals surface area contributed by atoms with E-state index >= 15 is 0 Å². The zero-order chi connectivity index (χ0) is 3.54. The fourth-order valence-corrected chi connectivity index (χ4v) is 0.884. The average molecular weight is 150 g/mol. The van der Waals surface area contributed by atoms with Gasteiger partial charge < -0.3 is 0 Å². The van der Waals surface area contributed by atoms with E-state index in [1.54, 1.807) is 0 Å². The molecular formula is C5H12K2. The van der Waals surface area contributed by atoms with Crippen LogP contribution in [0.4, 0.5) is 0 Å². The van der Waals surface area contributed by atoms with Crippen LogP contribution in [-0.2, 0) is 0 Å². The molecule has 0 nitrogen and oxygen atoms in total. The molecular weight excluding hydrogens is 138 g/mol. The molecule has 1 fully saturated rings. The predicted molar refractivity (Wildman–Crippen MR) is 37.4 cm³/mol. The third-order valence-electron chi connectivity index (χ3n) is 1.25. The summed E-state index contributed by atoms with van der Waals surface area (Å²) in [6, 6.07) is 0. The van der Waals surface area contributed by atoms with Crippen molar-refractivity contribution in [3.63, 3.8) is 0 Å². The maximum absolute atomic E-state index is 1.50. The van der Waals surface area contributed by atoms with Crippen LogP contribution in [-0.4, -0.2) is 103 Å². The first-order chi connectivity index (χ1) is 2.50. The summed E-state index contributed by atoms with van der Waals surface area (Å²) in [4.78, 5) is 0. The SMILES string of the molecule is C1CCCC1.[KH].[KH]. The molecule has 0 atom stereocenters. The van der Waals surface area contributed by atoms with Gasteiger partial charge in [-0.1, -0.05) is 32.1 Å². The molecule has 1 aliphatic rings. The molecule has 0 saturated heterocycles. The number of rotatable bonds is 0. The molecule has 0 aromatic rings. The van der Waals surface area contributed by atoms with E-state index < -0.39 is 0 Å². The van der Waals surface area contributed by atoms with Gasteiger partial charge >= 0.3 is 103 Å². The molecule has 0 unspecified atom stereocenters. The molecule has 0 aliphatic heterocycles. The second kappa shape index (κ2) is 9.27. The van der Waals surface area contributed by atoms with Gasteiger partial charge in [0, 0.05) is 0 Å². The van der Waals surface area contributed by atoms with Crippen LogP contribution in [0.25, 0.3) is 0 Å². The molecule has 34 valence electrons. The molecule has 1 saturated carbocycles. The molecule has 0 amide bonds. The molecule has 1 rings (SSSR count). The summed E-state index contributed by atoms with van der Waals surface area (Å²) in [6.45, 7) is 0. The molecule has 0 heterocycles. The van der Waals surface area contributed by atoms with Crippen molar-refractivity contribution < 1.29 is 0 Å². The summed E-state index contributed by atoms with van der Waals surface area (Å²) in [7, 11) is 0. The van der Waals surface area contributed by atoms with Gasteiger partial charge in [0.05, 0.1) is 0 Å². The Labute approximate surface area is 131 Å². The van der Waals surface area contributed by atoms with Gasteiger partial charge in [0.15, 0.2) is 0 Å². The summed E-state index contributed by atoms with van der Waals surface area (Å²) in [5, 5.41) is 0. The maximum atomic E-state index is 1.50. The van der Waals surface area contributed by atoms with Crippen molar-refractivity contribution in [1.29, 1.82) is 0 Å². The fourth-order valence-electron chi connectivity index (χ4n) is 0.884. The summed E-state index contributed by atoms with van der Waals surface area (Å²) in [6.07, 6.45) is 7.50. The second-order valence-electron chi connectivity index (χ2n) is 1.77. The first-order valence-corrected chi connectivity index (χ1v) is 2.50. The van der Waals surface area contributed by atoms with E-state index in [4.69, 9.17) is 0 Å². The van der Waals surface area contributed by atoms with Crippen LogP contribution in [0.2, 0.25) is 0 Å². The zero-order valence-corrected chi connectivity index (χ0v) is 3.54. The van der Waals surface area contributed by atoms with Crippen LogP contribution in [0.5, 0.6) is 0 Å². The van der Waals surface area contributed by atoms with Gasteiger partial charge in [0.1, 0.15) is 0 Å². The normalized spacial score (nSPS) is 17.1. The Morgan fingerprint density at radius 3 is 0.714 bits per heavy atom. The Morgan fingerprint density at radius 1 is 0.429 bits per heavy atom. The van der Waals surface area contributed by atoms with E-state index in [1.807, 2.05) is 0 Å². The van der Waals surface area contributed by atoms with Gasteiger partial charge in [-0.15, -0.1) is 0 Å². The van der Waals surface area contributed by atoms with Gasteiger partial charge in [-0.05, 0) is 0 Å². The first-order valence-electron chi connectivity index (χ1n) is 2.50. The van der Waals surface area contributed by atoms with E-state index in [2.05, 4.69) is 0 Å². The minimum atomic E-state index is 0. The molecule has 2 heteroatoms. The summed E-state index contributed by atoms with van der Waals surface area (Å²) >= 11 is 0. The number of hydrogen-bond acceptors (Lipinski definition) is 0. The Hall–Kier alpha value is 3.27. The van der Waals surface area contributed by atoms with Crippen molar-refractivity contribution in [1.82, 2.24) is 0 Å². The fraction of sp³-hybridized carbons (Fsp3) is 1.00. The van der Waals surface area contributed by atoms with Crippen LogP contribution in [0.1, 0.15) is 32.1 Å². The van der Waals surface area contributed by atoms with Crippen molar-refractivity contribution in [3.8, 4) is 0 Å². The van der Waals surface area contributed by atoms with Gasteiger partial charge in [-0.3, -0.25) is 0 Å². The van der Waals surface area contributed by atoms with E-state index in [-0.39, 0.29) is 103 Å². The molecule has 0 N–H and O–H groups in total. The molecule has 0 aromatic carbocycles. The Kier molecular flexibility index (Phi) is 17.1. The van der Waals surface area contributed by atoms with E-state index in [1.165, 1.54) is 32.1 Å². The van der Waals surface area contributed by atoms with Crippen LogP contribution in [0.15, 0.2) is 0 Å². The predicted octanol–water partition coefficient (Wildman–Crippen LogP) is 0.653. The molecule has 7 heavy (non-hydrogen) atoms. The van der Waals surface area contributed by atoms with Crippen molar-refractivity contribution in [2.45, 2.75) is 32.1 Å². The summed E-state index contributed by atoms with van der Waals surface area (Å²) in [5.41, 5.74) is 0. The van der Waals surface area contributed by atoms with Crippen molar-refractivity contribution in [2.75, 3.05) is 0 Å². The molecule has 1 aliphatic carbocycles. The van der Waals surface area contributed by atoms with Crippen molar-refractivity contribution in [2.24, 2.45) is 0 Å². The van der Waals surface area contributed by atoms with Gasteiger partial charge in [0.25, 0.3) is 0 Å². The quantitative estimate of drug-likeness (QED) is 0.445. The Morgan fingerprint density at radius 2 is 0.571 bits per heavy atom. The first kappa shape index (κ1) is 12.9. The molecule has 0 radical (unpaired) electrons. The minimum absolute atomic E-state index is 0. The second-order valence-corrected chi connectivity index (χ2v) is 1.77. The Balaban J connectivity index is 0. The van der Waals surface area contributed by atoms with Gasteiger partial charge in [0.2, 0.25) is 0 Å². The topological polar surface area (TPSA) is 0 Å². The molecule has 0 bridgehead atoms. The van der Waals surface area contributed by atoms with E-state index in [9.17, 15) is 0 Å². The van der Waals surface area contributed by atoms with Crippen molar-refractivity contribution >= 4 is 103 Å². The number of hydrogen-bond donors (Lipinski definition) is 0. The molecule has 0 spiro atoms. The zero-order valence-electron chi connectivity index (χ0n) is 3.54.